The third-order valence-electron chi connectivity index (χ3n) is 4.82. The van der Waals surface area contributed by atoms with Gasteiger partial charge in [0.15, 0.2) is 0 Å². The fraction of sp³-hybridized carbons (Fsp3) is 0.391. The average Bonchev–Trinajstić information content (AvgIpc) is 3.06. The molecule has 0 spiro atoms. The molecule has 0 saturated carbocycles. The SMILES string of the molecule is CCCC(=O)OC(C)c1ccc(CCOc2ccc(CC3SC(=O)NC3=O)cc2)nc1. The van der Waals surface area contributed by atoms with E-state index in [9.17, 15) is 14.4 Å². The molecule has 0 bridgehead atoms. The summed E-state index contributed by atoms with van der Waals surface area (Å²) < 4.78 is 11.2. The molecule has 1 N–H and O–H groups in total. The van der Waals surface area contributed by atoms with E-state index in [2.05, 4.69) is 10.3 Å². The molecule has 164 valence electrons. The molecule has 1 aromatic carbocycles. The zero-order valence-corrected chi connectivity index (χ0v) is 18.4. The van der Waals surface area contributed by atoms with Gasteiger partial charge in [-0.25, -0.2) is 0 Å². The number of nitrogens with one attached hydrogen (secondary N) is 1. The molecule has 2 unspecified atom stereocenters. The van der Waals surface area contributed by atoms with Crippen LogP contribution in [0.2, 0.25) is 0 Å². The lowest BCUT2D eigenvalue weighted by molar-refractivity contribution is -0.148. The number of ether oxygens (including phenoxy) is 2. The molecule has 1 aliphatic heterocycles. The second kappa shape index (κ2) is 10.9. The quantitative estimate of drug-likeness (QED) is 0.556. The van der Waals surface area contributed by atoms with Gasteiger partial charge in [-0.2, -0.15) is 0 Å². The topological polar surface area (TPSA) is 94.6 Å². The van der Waals surface area contributed by atoms with Crippen LogP contribution < -0.4 is 10.1 Å². The fourth-order valence-corrected chi connectivity index (χ4v) is 3.95. The summed E-state index contributed by atoms with van der Waals surface area (Å²) in [4.78, 5) is 38.9. The molecule has 3 rings (SSSR count). The van der Waals surface area contributed by atoms with E-state index in [1.807, 2.05) is 50.2 Å². The Kier molecular flexibility index (Phi) is 8.06. The number of carbonyl (C=O) groups excluding carboxylic acids is 3. The summed E-state index contributed by atoms with van der Waals surface area (Å²) in [5.74, 6) is 0.302. The Hall–Kier alpha value is -2.87. The number of nitrogens with zero attached hydrogens (tertiary/aromatic N) is 1. The van der Waals surface area contributed by atoms with Crippen LogP contribution in [0.4, 0.5) is 4.79 Å². The van der Waals surface area contributed by atoms with Crippen molar-refractivity contribution in [1.29, 1.82) is 0 Å². The van der Waals surface area contributed by atoms with E-state index in [0.717, 1.165) is 40.8 Å². The van der Waals surface area contributed by atoms with Gasteiger partial charge < -0.3 is 9.47 Å². The molecule has 2 atom stereocenters. The van der Waals surface area contributed by atoms with Crippen LogP contribution >= 0.6 is 11.8 Å². The number of hydrogen-bond acceptors (Lipinski definition) is 7. The molecule has 1 aliphatic rings. The summed E-state index contributed by atoms with van der Waals surface area (Å²) in [6, 6.07) is 11.4. The molecule has 2 amide bonds. The first kappa shape index (κ1) is 22.8. The number of aromatic nitrogens is 1. The van der Waals surface area contributed by atoms with Crippen LogP contribution in [0.1, 0.15) is 49.6 Å². The molecule has 2 heterocycles. The third kappa shape index (κ3) is 6.82. The number of carbonyl (C=O) groups is 3. The van der Waals surface area contributed by atoms with Crippen LogP contribution in [0.3, 0.4) is 0 Å². The van der Waals surface area contributed by atoms with Gasteiger partial charge in [0.05, 0.1) is 11.9 Å². The van der Waals surface area contributed by atoms with Gasteiger partial charge in [0.1, 0.15) is 11.9 Å². The lowest BCUT2D eigenvalue weighted by Gasteiger charge is -2.13. The molecule has 0 radical (unpaired) electrons. The molecular weight excluding hydrogens is 416 g/mol. The van der Waals surface area contributed by atoms with Crippen molar-refractivity contribution in [2.75, 3.05) is 6.61 Å². The molecule has 1 saturated heterocycles. The number of rotatable bonds is 10. The highest BCUT2D eigenvalue weighted by Gasteiger charge is 2.31. The molecule has 8 heteroatoms. The zero-order valence-electron chi connectivity index (χ0n) is 17.6. The molecule has 2 aromatic rings. The van der Waals surface area contributed by atoms with Gasteiger partial charge in [-0.15, -0.1) is 0 Å². The zero-order chi connectivity index (χ0) is 22.2. The molecule has 7 nitrogen and oxygen atoms in total. The van der Waals surface area contributed by atoms with Gasteiger partial charge >= 0.3 is 5.97 Å². The van der Waals surface area contributed by atoms with E-state index in [-0.39, 0.29) is 28.5 Å². The first-order valence-electron chi connectivity index (χ1n) is 10.3. The minimum atomic E-state index is -0.369. The predicted octanol–water partition coefficient (Wildman–Crippen LogP) is 4.00. The van der Waals surface area contributed by atoms with Gasteiger partial charge in [0.2, 0.25) is 5.91 Å². The summed E-state index contributed by atoms with van der Waals surface area (Å²) >= 11 is 1.03. The first-order valence-corrected chi connectivity index (χ1v) is 11.2. The highest BCUT2D eigenvalue weighted by molar-refractivity contribution is 8.15. The van der Waals surface area contributed by atoms with Gasteiger partial charge in [-0.3, -0.25) is 24.7 Å². The number of esters is 1. The number of hydrogen-bond donors (Lipinski definition) is 1. The standard InChI is InChI=1S/C23H26N2O5S/c1-3-4-21(26)30-15(2)17-7-8-18(24-14-17)11-12-29-19-9-5-16(6-10-19)13-20-22(27)25-23(28)31-20/h5-10,14-15,20H,3-4,11-13H2,1-2H3,(H,25,27,28). The lowest BCUT2D eigenvalue weighted by atomic mass is 10.1. The summed E-state index contributed by atoms with van der Waals surface area (Å²) in [5, 5.41) is 1.64. The van der Waals surface area contributed by atoms with Gasteiger partial charge in [0.25, 0.3) is 5.24 Å². The molecular formula is C23H26N2O5S. The van der Waals surface area contributed by atoms with E-state index in [4.69, 9.17) is 9.47 Å². The summed E-state index contributed by atoms with van der Waals surface area (Å²) in [6.07, 6.45) is 3.75. The Labute approximate surface area is 185 Å². The van der Waals surface area contributed by atoms with Crippen LogP contribution in [0.5, 0.6) is 5.75 Å². The third-order valence-corrected chi connectivity index (χ3v) is 5.80. The Balaban J connectivity index is 1.43. The molecule has 0 aliphatic carbocycles. The number of amides is 2. The average molecular weight is 443 g/mol. The minimum Gasteiger partial charge on any atom is -0.493 e. The largest absolute Gasteiger partial charge is 0.493 e. The smallest absolute Gasteiger partial charge is 0.306 e. The monoisotopic (exact) mass is 442 g/mol. The minimum absolute atomic E-state index is 0.197. The number of benzene rings is 1. The Morgan fingerprint density at radius 1 is 1.19 bits per heavy atom. The van der Waals surface area contributed by atoms with Crippen molar-refractivity contribution in [3.8, 4) is 5.75 Å². The summed E-state index contributed by atoms with van der Waals surface area (Å²) in [6.45, 7) is 4.26. The highest BCUT2D eigenvalue weighted by Crippen LogP contribution is 2.24. The lowest BCUT2D eigenvalue weighted by Crippen LogP contribution is -2.25. The van der Waals surface area contributed by atoms with Crippen LogP contribution in [0.15, 0.2) is 42.6 Å². The predicted molar refractivity (Wildman–Crippen MR) is 118 cm³/mol. The Morgan fingerprint density at radius 2 is 1.97 bits per heavy atom. The normalized spacial score (nSPS) is 16.6. The maximum atomic E-state index is 11.7. The van der Waals surface area contributed by atoms with E-state index in [1.54, 1.807) is 6.20 Å². The van der Waals surface area contributed by atoms with Gasteiger partial charge in [-0.1, -0.05) is 36.9 Å². The van der Waals surface area contributed by atoms with Crippen molar-refractivity contribution in [3.63, 3.8) is 0 Å². The second-order valence-electron chi connectivity index (χ2n) is 7.29. The van der Waals surface area contributed by atoms with Gasteiger partial charge in [0, 0.05) is 30.3 Å². The van der Waals surface area contributed by atoms with Crippen molar-refractivity contribution in [2.45, 2.75) is 50.9 Å². The van der Waals surface area contributed by atoms with Crippen molar-refractivity contribution < 1.29 is 23.9 Å². The van der Waals surface area contributed by atoms with E-state index in [1.165, 1.54) is 0 Å². The highest BCUT2D eigenvalue weighted by atomic mass is 32.2. The van der Waals surface area contributed by atoms with Crippen LogP contribution in [-0.4, -0.2) is 34.0 Å². The van der Waals surface area contributed by atoms with Crippen LogP contribution in [-0.2, 0) is 27.2 Å². The molecule has 1 aromatic heterocycles. The second-order valence-corrected chi connectivity index (χ2v) is 8.47. The van der Waals surface area contributed by atoms with Crippen molar-refractivity contribution in [1.82, 2.24) is 10.3 Å². The van der Waals surface area contributed by atoms with Crippen molar-refractivity contribution in [2.24, 2.45) is 0 Å². The van der Waals surface area contributed by atoms with E-state index >= 15 is 0 Å². The molecule has 31 heavy (non-hydrogen) atoms. The summed E-state index contributed by atoms with van der Waals surface area (Å²) in [7, 11) is 0. The number of thioether (sulfide) groups is 1. The first-order chi connectivity index (χ1) is 14.9. The number of imide groups is 1. The Morgan fingerprint density at radius 3 is 2.58 bits per heavy atom. The maximum absolute atomic E-state index is 11.7. The van der Waals surface area contributed by atoms with Crippen molar-refractivity contribution >= 4 is 28.9 Å². The fourth-order valence-electron chi connectivity index (χ4n) is 3.09. The van der Waals surface area contributed by atoms with Crippen LogP contribution in [0.25, 0.3) is 0 Å². The maximum Gasteiger partial charge on any atom is 0.306 e. The summed E-state index contributed by atoms with van der Waals surface area (Å²) in [5.41, 5.74) is 2.72. The van der Waals surface area contributed by atoms with Crippen molar-refractivity contribution in [3.05, 3.63) is 59.4 Å². The van der Waals surface area contributed by atoms with Crippen LogP contribution in [0, 0.1) is 0 Å². The van der Waals surface area contributed by atoms with E-state index in [0.29, 0.717) is 25.9 Å². The van der Waals surface area contributed by atoms with E-state index < -0.39 is 0 Å². The molecule has 1 fully saturated rings. The number of pyridine rings is 1. The van der Waals surface area contributed by atoms with Gasteiger partial charge in [-0.05, 0) is 43.5 Å². The Bertz CT molecular complexity index is 915.